The van der Waals surface area contributed by atoms with Gasteiger partial charge in [-0.15, -0.1) is 0 Å². The summed E-state index contributed by atoms with van der Waals surface area (Å²) in [5.74, 6) is -0.0828. The van der Waals surface area contributed by atoms with Crippen molar-refractivity contribution in [2.24, 2.45) is 0 Å². The van der Waals surface area contributed by atoms with Crippen LogP contribution in [0.5, 0.6) is 0 Å². The number of aryl methyl sites for hydroxylation is 1. The minimum absolute atomic E-state index is 0.0408. The van der Waals surface area contributed by atoms with Crippen molar-refractivity contribution in [3.05, 3.63) is 29.3 Å². The summed E-state index contributed by atoms with van der Waals surface area (Å²) in [5.41, 5.74) is 1.91. The van der Waals surface area contributed by atoms with Crippen LogP contribution < -0.4 is 10.0 Å². The monoisotopic (exact) mass is 332 g/mol. The lowest BCUT2D eigenvalue weighted by atomic mass is 10.1. The molecule has 1 unspecified atom stereocenters. The van der Waals surface area contributed by atoms with Crippen LogP contribution in [0, 0.1) is 6.92 Å². The molecule has 0 spiro atoms. The molecule has 1 aromatic carbocycles. The van der Waals surface area contributed by atoms with Crippen molar-refractivity contribution >= 4 is 19.9 Å². The second-order valence-electron chi connectivity index (χ2n) is 5.34. The maximum Gasteiger partial charge on any atom is 0.240 e. The second kappa shape index (κ2) is 6.04. The van der Waals surface area contributed by atoms with E-state index in [1.54, 1.807) is 25.2 Å². The van der Waals surface area contributed by atoms with Gasteiger partial charge in [0, 0.05) is 12.6 Å². The molecule has 118 valence electrons. The summed E-state index contributed by atoms with van der Waals surface area (Å²) in [5, 5.41) is 2.99. The summed E-state index contributed by atoms with van der Waals surface area (Å²) >= 11 is 0. The molecular formula is C13H20N2O4S2. The molecule has 6 nitrogen and oxygen atoms in total. The molecule has 2 rings (SSSR count). The molecule has 21 heavy (non-hydrogen) atoms. The van der Waals surface area contributed by atoms with E-state index >= 15 is 0 Å². The molecule has 0 aliphatic carbocycles. The molecule has 0 radical (unpaired) electrons. The van der Waals surface area contributed by atoms with E-state index in [1.165, 1.54) is 0 Å². The average molecular weight is 332 g/mol. The lowest BCUT2D eigenvalue weighted by Gasteiger charge is -2.13. The fraction of sp³-hybridized carbons (Fsp3) is 0.538. The van der Waals surface area contributed by atoms with E-state index in [1.807, 2.05) is 6.92 Å². The summed E-state index contributed by atoms with van der Waals surface area (Å²) in [4.78, 5) is 0.169. The molecule has 1 atom stereocenters. The molecule has 0 bridgehead atoms. The van der Waals surface area contributed by atoms with Gasteiger partial charge < -0.3 is 5.32 Å². The zero-order chi connectivity index (χ0) is 15.7. The molecule has 1 heterocycles. The van der Waals surface area contributed by atoms with E-state index in [9.17, 15) is 16.8 Å². The number of hydrogen-bond donors (Lipinski definition) is 2. The Labute approximate surface area is 125 Å². The van der Waals surface area contributed by atoms with Crippen LogP contribution in [0.15, 0.2) is 23.1 Å². The molecular weight excluding hydrogens is 312 g/mol. The Morgan fingerprint density at radius 1 is 1.33 bits per heavy atom. The van der Waals surface area contributed by atoms with Crippen molar-refractivity contribution in [3.63, 3.8) is 0 Å². The number of sulfonamides is 1. The van der Waals surface area contributed by atoms with Crippen LogP contribution >= 0.6 is 0 Å². The molecule has 1 aromatic rings. The highest BCUT2D eigenvalue weighted by Crippen LogP contribution is 2.18. The van der Waals surface area contributed by atoms with Gasteiger partial charge in [-0.3, -0.25) is 0 Å². The van der Waals surface area contributed by atoms with Gasteiger partial charge in [-0.1, -0.05) is 6.07 Å². The smallest absolute Gasteiger partial charge is 0.240 e. The molecule has 1 fully saturated rings. The predicted octanol–water partition coefficient (Wildman–Crippen LogP) is 0.180. The van der Waals surface area contributed by atoms with E-state index in [4.69, 9.17) is 0 Å². The largest absolute Gasteiger partial charge is 0.316 e. The van der Waals surface area contributed by atoms with E-state index in [-0.39, 0.29) is 16.4 Å². The Bertz CT molecular complexity index is 727. The van der Waals surface area contributed by atoms with Gasteiger partial charge in [0.15, 0.2) is 9.84 Å². The van der Waals surface area contributed by atoms with Crippen LogP contribution in [0.1, 0.15) is 17.5 Å². The summed E-state index contributed by atoms with van der Waals surface area (Å²) < 4.78 is 50.0. The molecule has 0 amide bonds. The fourth-order valence-electron chi connectivity index (χ4n) is 2.37. The summed E-state index contributed by atoms with van der Waals surface area (Å²) in [6.07, 6.45) is 0.330. The van der Waals surface area contributed by atoms with Gasteiger partial charge in [-0.05, 0) is 43.7 Å². The molecule has 0 aromatic heterocycles. The van der Waals surface area contributed by atoms with Gasteiger partial charge in [0.2, 0.25) is 10.0 Å². The van der Waals surface area contributed by atoms with Gasteiger partial charge in [0.25, 0.3) is 0 Å². The van der Waals surface area contributed by atoms with Gasteiger partial charge in [0.1, 0.15) is 0 Å². The van der Waals surface area contributed by atoms with Crippen LogP contribution in [0.3, 0.4) is 0 Å². The SMILES string of the molecule is CNCc1cc(S(=O)(=O)NC2CCS(=O)(=O)C2)ccc1C. The molecule has 8 heteroatoms. The third-order valence-electron chi connectivity index (χ3n) is 3.55. The van der Waals surface area contributed by atoms with Crippen molar-refractivity contribution in [2.75, 3.05) is 18.6 Å². The highest BCUT2D eigenvalue weighted by Gasteiger charge is 2.31. The third kappa shape index (κ3) is 4.03. The lowest BCUT2D eigenvalue weighted by Crippen LogP contribution is -2.35. The van der Waals surface area contributed by atoms with Crippen molar-refractivity contribution in [3.8, 4) is 0 Å². The lowest BCUT2D eigenvalue weighted by molar-refractivity contribution is 0.562. The van der Waals surface area contributed by atoms with Crippen LogP contribution in [-0.2, 0) is 26.4 Å². The first-order valence-electron chi connectivity index (χ1n) is 6.70. The maximum atomic E-state index is 12.3. The first kappa shape index (κ1) is 16.4. The highest BCUT2D eigenvalue weighted by atomic mass is 32.2. The first-order chi connectivity index (χ1) is 9.73. The Balaban J connectivity index is 2.22. The number of sulfone groups is 1. The highest BCUT2D eigenvalue weighted by molar-refractivity contribution is 7.92. The topological polar surface area (TPSA) is 92.3 Å². The Morgan fingerprint density at radius 2 is 2.05 bits per heavy atom. The van der Waals surface area contributed by atoms with Crippen molar-refractivity contribution in [1.82, 2.24) is 10.0 Å². The predicted molar refractivity (Wildman–Crippen MR) is 81.3 cm³/mol. The maximum absolute atomic E-state index is 12.3. The standard InChI is InChI=1S/C13H20N2O4S2/c1-10-3-4-13(7-11(10)8-14-2)21(18,19)15-12-5-6-20(16,17)9-12/h3-4,7,12,14-15H,5-6,8-9H2,1-2H3. The summed E-state index contributed by atoms with van der Waals surface area (Å²) in [6, 6.07) is 4.39. The Morgan fingerprint density at radius 3 is 2.62 bits per heavy atom. The van der Waals surface area contributed by atoms with Crippen LogP contribution in [0.4, 0.5) is 0 Å². The molecule has 1 aliphatic rings. The van der Waals surface area contributed by atoms with Crippen LogP contribution in [-0.4, -0.2) is 41.4 Å². The molecule has 1 saturated heterocycles. The van der Waals surface area contributed by atoms with E-state index in [0.717, 1.165) is 11.1 Å². The van der Waals surface area contributed by atoms with E-state index in [0.29, 0.717) is 13.0 Å². The van der Waals surface area contributed by atoms with Gasteiger partial charge in [-0.25, -0.2) is 21.6 Å². The summed E-state index contributed by atoms with van der Waals surface area (Å²) in [6.45, 7) is 2.49. The third-order valence-corrected chi connectivity index (χ3v) is 6.84. The van der Waals surface area contributed by atoms with Gasteiger partial charge in [0.05, 0.1) is 16.4 Å². The van der Waals surface area contributed by atoms with Crippen LogP contribution in [0.25, 0.3) is 0 Å². The van der Waals surface area contributed by atoms with Crippen LogP contribution in [0.2, 0.25) is 0 Å². The molecule has 1 aliphatic heterocycles. The average Bonchev–Trinajstić information content (AvgIpc) is 2.70. The minimum Gasteiger partial charge on any atom is -0.316 e. The van der Waals surface area contributed by atoms with E-state index < -0.39 is 25.9 Å². The number of nitrogens with one attached hydrogen (secondary N) is 2. The van der Waals surface area contributed by atoms with Crippen molar-refractivity contribution < 1.29 is 16.8 Å². The first-order valence-corrected chi connectivity index (χ1v) is 10.0. The number of rotatable bonds is 5. The summed E-state index contributed by atoms with van der Waals surface area (Å²) in [7, 11) is -5.01. The number of hydrogen-bond acceptors (Lipinski definition) is 5. The zero-order valence-corrected chi connectivity index (χ0v) is 13.7. The zero-order valence-electron chi connectivity index (χ0n) is 12.1. The fourth-order valence-corrected chi connectivity index (χ4v) is 5.47. The van der Waals surface area contributed by atoms with Crippen molar-refractivity contribution in [1.29, 1.82) is 0 Å². The van der Waals surface area contributed by atoms with Crippen molar-refractivity contribution in [2.45, 2.75) is 30.8 Å². The van der Waals surface area contributed by atoms with E-state index in [2.05, 4.69) is 10.0 Å². The number of benzene rings is 1. The molecule has 0 saturated carbocycles. The quantitative estimate of drug-likeness (QED) is 0.802. The Kier molecular flexibility index (Phi) is 4.72. The molecule has 2 N–H and O–H groups in total. The van der Waals surface area contributed by atoms with Gasteiger partial charge in [-0.2, -0.15) is 0 Å². The Hall–Kier alpha value is -0.960. The second-order valence-corrected chi connectivity index (χ2v) is 9.28. The van der Waals surface area contributed by atoms with Gasteiger partial charge >= 0.3 is 0 Å². The normalized spacial score (nSPS) is 21.5. The minimum atomic E-state index is -3.69.